The Morgan fingerprint density at radius 2 is 2.20 bits per heavy atom. The Labute approximate surface area is 116 Å². The maximum Gasteiger partial charge on any atom is 0.353 e. The molecule has 0 saturated carbocycles. The topological polar surface area (TPSA) is 127 Å². The first-order chi connectivity index (χ1) is 9.51. The van der Waals surface area contributed by atoms with Gasteiger partial charge in [0, 0.05) is 13.1 Å². The van der Waals surface area contributed by atoms with Crippen molar-refractivity contribution in [1.82, 2.24) is 9.97 Å². The molecule has 1 aromatic rings. The van der Waals surface area contributed by atoms with Crippen molar-refractivity contribution in [2.75, 3.05) is 29.9 Å². The van der Waals surface area contributed by atoms with Gasteiger partial charge in [-0.15, -0.1) is 0 Å². The zero-order valence-corrected chi connectivity index (χ0v) is 11.5. The number of amides is 1. The SMILES string of the molecule is CCCNc1ncnc(N(CC)CC(N)=O)c1[N+](=O)[O-]. The molecule has 0 aromatic carbocycles. The summed E-state index contributed by atoms with van der Waals surface area (Å²) >= 11 is 0. The van der Waals surface area contributed by atoms with Crippen LogP contribution in [0.1, 0.15) is 20.3 Å². The number of likely N-dealkylation sites (N-methyl/N-ethyl adjacent to an activating group) is 1. The molecule has 0 atom stereocenters. The second-order valence-electron chi connectivity index (χ2n) is 4.06. The second-order valence-corrected chi connectivity index (χ2v) is 4.06. The highest BCUT2D eigenvalue weighted by Gasteiger charge is 2.26. The normalized spacial score (nSPS) is 10.1. The molecule has 0 radical (unpaired) electrons. The average Bonchev–Trinajstić information content (AvgIpc) is 2.41. The lowest BCUT2D eigenvalue weighted by atomic mass is 10.3. The number of aromatic nitrogens is 2. The Hall–Kier alpha value is -2.45. The van der Waals surface area contributed by atoms with E-state index in [1.807, 2.05) is 6.92 Å². The number of hydrogen-bond acceptors (Lipinski definition) is 7. The third kappa shape index (κ3) is 3.77. The molecule has 0 spiro atoms. The van der Waals surface area contributed by atoms with Crippen LogP contribution in [0.5, 0.6) is 0 Å². The van der Waals surface area contributed by atoms with Crippen LogP contribution in [0.3, 0.4) is 0 Å². The smallest absolute Gasteiger partial charge is 0.353 e. The number of rotatable bonds is 8. The summed E-state index contributed by atoms with van der Waals surface area (Å²) in [5.41, 5.74) is 4.89. The van der Waals surface area contributed by atoms with Crippen LogP contribution in [-0.4, -0.2) is 40.4 Å². The van der Waals surface area contributed by atoms with E-state index in [2.05, 4.69) is 15.3 Å². The molecule has 0 fully saturated rings. The third-order valence-corrected chi connectivity index (χ3v) is 2.56. The van der Waals surface area contributed by atoms with Crippen LogP contribution in [0.4, 0.5) is 17.3 Å². The molecule has 1 rings (SSSR count). The van der Waals surface area contributed by atoms with Crippen LogP contribution in [0, 0.1) is 10.1 Å². The fourth-order valence-electron chi connectivity index (χ4n) is 1.67. The molecule has 0 aliphatic rings. The van der Waals surface area contributed by atoms with Crippen molar-refractivity contribution in [3.8, 4) is 0 Å². The molecule has 9 nitrogen and oxygen atoms in total. The van der Waals surface area contributed by atoms with Crippen LogP contribution in [0.15, 0.2) is 6.33 Å². The quantitative estimate of drug-likeness (QED) is 0.525. The van der Waals surface area contributed by atoms with E-state index >= 15 is 0 Å². The predicted octanol–water partition coefficient (Wildman–Crippen LogP) is 0.518. The van der Waals surface area contributed by atoms with Crippen molar-refractivity contribution in [1.29, 1.82) is 0 Å². The third-order valence-electron chi connectivity index (χ3n) is 2.56. The molecule has 20 heavy (non-hydrogen) atoms. The highest BCUT2D eigenvalue weighted by molar-refractivity contribution is 5.81. The van der Waals surface area contributed by atoms with Gasteiger partial charge in [-0.3, -0.25) is 14.9 Å². The number of hydrogen-bond donors (Lipinski definition) is 2. The molecule has 1 amide bonds. The van der Waals surface area contributed by atoms with Crippen molar-refractivity contribution in [2.45, 2.75) is 20.3 Å². The molecular formula is C11H18N6O3. The standard InChI is InChI=1S/C11H18N6O3/c1-3-5-13-10-9(17(19)20)11(15-7-14-10)16(4-2)6-8(12)18/h7H,3-6H2,1-2H3,(H2,12,18)(H,13,14,15). The number of nitrogens with two attached hydrogens (primary N) is 1. The van der Waals surface area contributed by atoms with E-state index in [9.17, 15) is 14.9 Å². The molecular weight excluding hydrogens is 264 g/mol. The number of primary amides is 1. The number of nitrogens with zero attached hydrogens (tertiary/aromatic N) is 4. The van der Waals surface area contributed by atoms with Gasteiger partial charge < -0.3 is 16.0 Å². The van der Waals surface area contributed by atoms with E-state index < -0.39 is 10.8 Å². The Morgan fingerprint density at radius 1 is 1.50 bits per heavy atom. The molecule has 3 N–H and O–H groups in total. The van der Waals surface area contributed by atoms with E-state index in [0.29, 0.717) is 13.1 Å². The maximum absolute atomic E-state index is 11.3. The number of anilines is 2. The summed E-state index contributed by atoms with van der Waals surface area (Å²) < 4.78 is 0. The Bertz CT molecular complexity index is 493. The van der Waals surface area contributed by atoms with Crippen molar-refractivity contribution >= 4 is 23.2 Å². The summed E-state index contributed by atoms with van der Waals surface area (Å²) in [5.74, 6) is -0.350. The van der Waals surface area contributed by atoms with Gasteiger partial charge in [-0.1, -0.05) is 6.92 Å². The van der Waals surface area contributed by atoms with E-state index in [-0.39, 0.29) is 23.9 Å². The minimum absolute atomic E-state index is 0.0879. The van der Waals surface area contributed by atoms with Crippen molar-refractivity contribution in [2.24, 2.45) is 5.73 Å². The average molecular weight is 282 g/mol. The maximum atomic E-state index is 11.3. The molecule has 1 aromatic heterocycles. The van der Waals surface area contributed by atoms with Gasteiger partial charge in [0.1, 0.15) is 6.33 Å². The summed E-state index contributed by atoms with van der Waals surface area (Å²) in [6.45, 7) is 4.48. The number of carbonyl (C=O) groups is 1. The number of carbonyl (C=O) groups excluding carboxylic acids is 1. The summed E-state index contributed by atoms with van der Waals surface area (Å²) in [7, 11) is 0. The van der Waals surface area contributed by atoms with E-state index in [4.69, 9.17) is 5.73 Å². The minimum atomic E-state index is -0.581. The lowest BCUT2D eigenvalue weighted by Gasteiger charge is -2.20. The number of nitro groups is 1. The zero-order valence-electron chi connectivity index (χ0n) is 11.5. The van der Waals surface area contributed by atoms with Gasteiger partial charge in [0.2, 0.25) is 17.5 Å². The molecule has 0 unspecified atom stereocenters. The minimum Gasteiger partial charge on any atom is -0.368 e. The summed E-state index contributed by atoms with van der Waals surface area (Å²) in [6.07, 6.45) is 2.03. The van der Waals surface area contributed by atoms with Gasteiger partial charge in [0.25, 0.3) is 0 Å². The summed E-state index contributed by atoms with van der Waals surface area (Å²) in [6, 6.07) is 0. The van der Waals surface area contributed by atoms with Crippen LogP contribution in [-0.2, 0) is 4.79 Å². The summed E-state index contributed by atoms with van der Waals surface area (Å²) in [5, 5.41) is 14.1. The highest BCUT2D eigenvalue weighted by Crippen LogP contribution is 2.31. The fraction of sp³-hybridized carbons (Fsp3) is 0.545. The Balaban J connectivity index is 3.22. The first-order valence-electron chi connectivity index (χ1n) is 6.27. The molecule has 0 aliphatic heterocycles. The molecule has 1 heterocycles. The molecule has 0 saturated heterocycles. The monoisotopic (exact) mass is 282 g/mol. The van der Waals surface area contributed by atoms with Gasteiger partial charge in [0.15, 0.2) is 0 Å². The van der Waals surface area contributed by atoms with E-state index in [1.165, 1.54) is 11.2 Å². The molecule has 0 bridgehead atoms. The molecule has 110 valence electrons. The largest absolute Gasteiger partial charge is 0.368 e. The first kappa shape index (κ1) is 15.6. The Kier molecular flexibility index (Phi) is 5.63. The van der Waals surface area contributed by atoms with Gasteiger partial charge in [0.05, 0.1) is 11.5 Å². The zero-order chi connectivity index (χ0) is 15.1. The Morgan fingerprint density at radius 3 is 2.70 bits per heavy atom. The van der Waals surface area contributed by atoms with Crippen LogP contribution < -0.4 is 16.0 Å². The number of nitrogens with one attached hydrogen (secondary N) is 1. The van der Waals surface area contributed by atoms with E-state index in [0.717, 1.165) is 6.42 Å². The highest BCUT2D eigenvalue weighted by atomic mass is 16.6. The first-order valence-corrected chi connectivity index (χ1v) is 6.27. The van der Waals surface area contributed by atoms with Crippen molar-refractivity contribution in [3.63, 3.8) is 0 Å². The van der Waals surface area contributed by atoms with Crippen LogP contribution in [0.25, 0.3) is 0 Å². The van der Waals surface area contributed by atoms with Gasteiger partial charge in [-0.05, 0) is 13.3 Å². The predicted molar refractivity (Wildman–Crippen MR) is 74.5 cm³/mol. The van der Waals surface area contributed by atoms with Gasteiger partial charge >= 0.3 is 5.69 Å². The van der Waals surface area contributed by atoms with E-state index in [1.54, 1.807) is 6.92 Å². The summed E-state index contributed by atoms with van der Waals surface area (Å²) in [4.78, 5) is 31.0. The molecule has 0 aliphatic carbocycles. The van der Waals surface area contributed by atoms with Crippen LogP contribution >= 0.6 is 0 Å². The second kappa shape index (κ2) is 7.22. The van der Waals surface area contributed by atoms with Gasteiger partial charge in [-0.2, -0.15) is 0 Å². The fourth-order valence-corrected chi connectivity index (χ4v) is 1.67. The lowest BCUT2D eigenvalue weighted by molar-refractivity contribution is -0.383. The molecule has 9 heteroatoms. The lowest BCUT2D eigenvalue weighted by Crippen LogP contribution is -2.34. The van der Waals surface area contributed by atoms with Crippen molar-refractivity contribution in [3.05, 3.63) is 16.4 Å². The van der Waals surface area contributed by atoms with Crippen LogP contribution in [0.2, 0.25) is 0 Å². The van der Waals surface area contributed by atoms with Crippen molar-refractivity contribution < 1.29 is 9.72 Å². The van der Waals surface area contributed by atoms with Gasteiger partial charge in [-0.25, -0.2) is 9.97 Å².